The quantitative estimate of drug-likeness (QED) is 0.742. The van der Waals surface area contributed by atoms with E-state index in [4.69, 9.17) is 4.74 Å². The van der Waals surface area contributed by atoms with Crippen LogP contribution in [0.1, 0.15) is 32.3 Å². The van der Waals surface area contributed by atoms with Gasteiger partial charge < -0.3 is 10.1 Å². The Hall–Kier alpha value is -1.16. The van der Waals surface area contributed by atoms with E-state index in [0.29, 0.717) is 18.7 Å². The van der Waals surface area contributed by atoms with E-state index in [1.165, 1.54) is 12.1 Å². The SMILES string of the molecule is CCCNCc1cc(F)c(OCCC)c(F)c1. The van der Waals surface area contributed by atoms with Gasteiger partial charge in [0.2, 0.25) is 0 Å². The molecule has 0 aromatic heterocycles. The van der Waals surface area contributed by atoms with Crippen LogP contribution >= 0.6 is 0 Å². The Kier molecular flexibility index (Phi) is 5.91. The predicted molar refractivity (Wildman–Crippen MR) is 64.1 cm³/mol. The first-order chi connectivity index (χ1) is 8.19. The summed E-state index contributed by atoms with van der Waals surface area (Å²) in [5.74, 6) is -1.54. The lowest BCUT2D eigenvalue weighted by Crippen LogP contribution is -2.14. The molecule has 4 heteroatoms. The van der Waals surface area contributed by atoms with Crippen molar-refractivity contribution in [2.75, 3.05) is 13.2 Å². The molecule has 0 aliphatic rings. The molecule has 0 aliphatic carbocycles. The Balaban J connectivity index is 2.71. The van der Waals surface area contributed by atoms with Crippen molar-refractivity contribution in [1.29, 1.82) is 0 Å². The fourth-order valence-electron chi connectivity index (χ4n) is 1.47. The lowest BCUT2D eigenvalue weighted by Gasteiger charge is -2.09. The second kappa shape index (κ2) is 7.22. The van der Waals surface area contributed by atoms with Gasteiger partial charge in [0.15, 0.2) is 17.4 Å². The molecule has 0 saturated heterocycles. The van der Waals surface area contributed by atoms with Gasteiger partial charge >= 0.3 is 0 Å². The van der Waals surface area contributed by atoms with E-state index in [9.17, 15) is 8.78 Å². The van der Waals surface area contributed by atoms with Gasteiger partial charge in [0.25, 0.3) is 0 Å². The summed E-state index contributed by atoms with van der Waals surface area (Å²) in [6.45, 7) is 5.54. The molecular weight excluding hydrogens is 224 g/mol. The first-order valence-corrected chi connectivity index (χ1v) is 6.00. The first-order valence-electron chi connectivity index (χ1n) is 6.00. The highest BCUT2D eigenvalue weighted by atomic mass is 19.1. The fourth-order valence-corrected chi connectivity index (χ4v) is 1.47. The fraction of sp³-hybridized carbons (Fsp3) is 0.538. The van der Waals surface area contributed by atoms with E-state index in [-0.39, 0.29) is 5.75 Å². The van der Waals surface area contributed by atoms with E-state index in [0.717, 1.165) is 19.4 Å². The number of hydrogen-bond acceptors (Lipinski definition) is 2. The monoisotopic (exact) mass is 243 g/mol. The zero-order valence-electron chi connectivity index (χ0n) is 10.4. The van der Waals surface area contributed by atoms with E-state index >= 15 is 0 Å². The molecule has 1 aromatic carbocycles. The minimum Gasteiger partial charge on any atom is -0.488 e. The molecule has 1 rings (SSSR count). The van der Waals surface area contributed by atoms with Crippen molar-refractivity contribution < 1.29 is 13.5 Å². The molecule has 0 atom stereocenters. The van der Waals surface area contributed by atoms with Crippen LogP contribution in [-0.2, 0) is 6.54 Å². The maximum absolute atomic E-state index is 13.6. The third-order valence-electron chi connectivity index (χ3n) is 2.26. The third-order valence-corrected chi connectivity index (χ3v) is 2.26. The average molecular weight is 243 g/mol. The normalized spacial score (nSPS) is 10.6. The summed E-state index contributed by atoms with van der Waals surface area (Å²) in [5.41, 5.74) is 0.595. The van der Waals surface area contributed by atoms with Crippen LogP contribution in [0.5, 0.6) is 5.75 Å². The van der Waals surface area contributed by atoms with Gasteiger partial charge in [-0.3, -0.25) is 0 Å². The van der Waals surface area contributed by atoms with Crippen LogP contribution < -0.4 is 10.1 Å². The molecule has 1 aromatic rings. The summed E-state index contributed by atoms with van der Waals surface area (Å²) in [4.78, 5) is 0. The number of halogens is 2. The van der Waals surface area contributed by atoms with Crippen LogP contribution in [0.2, 0.25) is 0 Å². The van der Waals surface area contributed by atoms with Crippen LogP contribution in [0, 0.1) is 11.6 Å². The maximum Gasteiger partial charge on any atom is 0.190 e. The van der Waals surface area contributed by atoms with Crippen molar-refractivity contribution in [3.63, 3.8) is 0 Å². The Bertz CT molecular complexity index is 332. The summed E-state index contributed by atoms with van der Waals surface area (Å²) in [6.07, 6.45) is 1.71. The molecule has 96 valence electrons. The molecule has 0 bridgehead atoms. The highest BCUT2D eigenvalue weighted by Gasteiger charge is 2.12. The van der Waals surface area contributed by atoms with Crippen LogP contribution in [0.25, 0.3) is 0 Å². The third kappa shape index (κ3) is 4.30. The minimum atomic E-state index is -0.633. The molecule has 1 N–H and O–H groups in total. The average Bonchev–Trinajstić information content (AvgIpc) is 2.28. The zero-order chi connectivity index (χ0) is 12.7. The number of nitrogens with one attached hydrogen (secondary N) is 1. The minimum absolute atomic E-state index is 0.272. The summed E-state index contributed by atoms with van der Waals surface area (Å²) in [6, 6.07) is 2.63. The molecule has 2 nitrogen and oxygen atoms in total. The molecule has 0 aliphatic heterocycles. The van der Waals surface area contributed by atoms with Crippen LogP contribution in [0.15, 0.2) is 12.1 Å². The summed E-state index contributed by atoms with van der Waals surface area (Å²) >= 11 is 0. The molecule has 0 radical (unpaired) electrons. The highest BCUT2D eigenvalue weighted by molar-refractivity contribution is 5.31. The second-order valence-corrected chi connectivity index (χ2v) is 3.91. The van der Waals surface area contributed by atoms with Gasteiger partial charge in [0.1, 0.15) is 0 Å². The Morgan fingerprint density at radius 2 is 1.76 bits per heavy atom. The van der Waals surface area contributed by atoms with Crippen LogP contribution in [0.3, 0.4) is 0 Å². The van der Waals surface area contributed by atoms with Crippen molar-refractivity contribution in [2.45, 2.75) is 33.2 Å². The van der Waals surface area contributed by atoms with Crippen molar-refractivity contribution in [1.82, 2.24) is 5.32 Å². The van der Waals surface area contributed by atoms with Crippen molar-refractivity contribution in [3.05, 3.63) is 29.3 Å². The molecule has 17 heavy (non-hydrogen) atoms. The van der Waals surface area contributed by atoms with Gasteiger partial charge in [-0.25, -0.2) is 8.78 Å². The molecule has 0 spiro atoms. The van der Waals surface area contributed by atoms with E-state index in [1.807, 2.05) is 13.8 Å². The lowest BCUT2D eigenvalue weighted by atomic mass is 10.2. The largest absolute Gasteiger partial charge is 0.488 e. The molecule has 0 saturated carbocycles. The van der Waals surface area contributed by atoms with Crippen molar-refractivity contribution >= 4 is 0 Å². The van der Waals surface area contributed by atoms with Crippen LogP contribution in [-0.4, -0.2) is 13.2 Å². The predicted octanol–water partition coefficient (Wildman–Crippen LogP) is 3.25. The van der Waals surface area contributed by atoms with Crippen LogP contribution in [0.4, 0.5) is 8.78 Å². The van der Waals surface area contributed by atoms with Gasteiger partial charge in [-0.15, -0.1) is 0 Å². The van der Waals surface area contributed by atoms with E-state index in [2.05, 4.69) is 5.32 Å². The molecule has 0 heterocycles. The van der Waals surface area contributed by atoms with Gasteiger partial charge in [-0.05, 0) is 37.1 Å². The number of rotatable bonds is 7. The molecular formula is C13H19F2NO. The second-order valence-electron chi connectivity index (χ2n) is 3.91. The van der Waals surface area contributed by atoms with Gasteiger partial charge in [0, 0.05) is 6.54 Å². The van der Waals surface area contributed by atoms with E-state index < -0.39 is 11.6 Å². The summed E-state index contributed by atoms with van der Waals surface area (Å²) < 4.78 is 32.1. The van der Waals surface area contributed by atoms with Crippen molar-refractivity contribution in [3.8, 4) is 5.75 Å². The number of hydrogen-bond donors (Lipinski definition) is 1. The Morgan fingerprint density at radius 3 is 2.29 bits per heavy atom. The number of benzene rings is 1. The zero-order valence-corrected chi connectivity index (χ0v) is 10.4. The smallest absolute Gasteiger partial charge is 0.190 e. The standard InChI is InChI=1S/C13H19F2NO/c1-3-5-16-9-10-7-11(14)13(12(15)8-10)17-6-4-2/h7-8,16H,3-6,9H2,1-2H3. The van der Waals surface area contributed by atoms with Crippen molar-refractivity contribution in [2.24, 2.45) is 0 Å². The maximum atomic E-state index is 13.6. The molecule has 0 fully saturated rings. The summed E-state index contributed by atoms with van der Waals surface area (Å²) in [5, 5.41) is 3.09. The van der Waals surface area contributed by atoms with E-state index in [1.54, 1.807) is 0 Å². The lowest BCUT2D eigenvalue weighted by molar-refractivity contribution is 0.284. The van der Waals surface area contributed by atoms with Gasteiger partial charge in [-0.2, -0.15) is 0 Å². The first kappa shape index (κ1) is 13.9. The summed E-state index contributed by atoms with van der Waals surface area (Å²) in [7, 11) is 0. The van der Waals surface area contributed by atoms with Gasteiger partial charge in [0.05, 0.1) is 6.61 Å². The Morgan fingerprint density at radius 1 is 1.12 bits per heavy atom. The molecule has 0 amide bonds. The van der Waals surface area contributed by atoms with Gasteiger partial charge in [-0.1, -0.05) is 13.8 Å². The topological polar surface area (TPSA) is 21.3 Å². The molecule has 0 unspecified atom stereocenters. The number of ether oxygens (including phenoxy) is 1. The Labute approximate surface area is 101 Å². The highest BCUT2D eigenvalue weighted by Crippen LogP contribution is 2.23.